The molecule has 2 aromatic heterocycles. The second kappa shape index (κ2) is 9.61. The van der Waals surface area contributed by atoms with Crippen LogP contribution in [-0.2, 0) is 21.4 Å². The van der Waals surface area contributed by atoms with Gasteiger partial charge in [-0.25, -0.2) is 35.9 Å². The van der Waals surface area contributed by atoms with Gasteiger partial charge in [-0.05, 0) is 43.3 Å². The van der Waals surface area contributed by atoms with Crippen molar-refractivity contribution in [2.45, 2.75) is 25.3 Å². The van der Waals surface area contributed by atoms with Crippen LogP contribution in [0.2, 0.25) is 0 Å². The van der Waals surface area contributed by atoms with E-state index >= 15 is 8.78 Å². The SMILES string of the molecule is CCn1cc(-c2ccnc(N)n2)c(-c2c(F)ccc(N(C(C)=O)S(=O)(=O)c3cc(F)ccc3F)c2F)n1. The number of amides is 1. The molecule has 1 amide bonds. The zero-order valence-corrected chi connectivity index (χ0v) is 20.1. The number of hydrogen-bond acceptors (Lipinski definition) is 7. The minimum atomic E-state index is -5.16. The minimum absolute atomic E-state index is 0.0672. The summed E-state index contributed by atoms with van der Waals surface area (Å²) in [6.07, 6.45) is 2.77. The summed E-state index contributed by atoms with van der Waals surface area (Å²) in [5.74, 6) is -6.48. The fraction of sp³-hybridized carbons (Fsp3) is 0.130. The van der Waals surface area contributed by atoms with Gasteiger partial charge in [0, 0.05) is 31.4 Å². The molecule has 2 N–H and O–H groups in total. The zero-order chi connectivity index (χ0) is 27.1. The number of sulfonamides is 1. The number of carbonyl (C=O) groups is 1. The number of nitrogen functional groups attached to an aromatic ring is 1. The van der Waals surface area contributed by atoms with Crippen molar-refractivity contribution in [3.8, 4) is 22.5 Å². The number of anilines is 2. The standard InChI is InChI=1S/C23H18F4N6O3S/c1-3-32-11-14(17-8-9-29-23(28)30-17)22(31-32)20-16(26)6-7-18(21(20)27)33(12(2)34)37(35,36)19-10-13(24)4-5-15(19)25/h4-11H,3H2,1-2H3,(H2,28,29,30). The van der Waals surface area contributed by atoms with Crippen LogP contribution in [0.5, 0.6) is 0 Å². The zero-order valence-electron chi connectivity index (χ0n) is 19.3. The van der Waals surface area contributed by atoms with E-state index in [2.05, 4.69) is 15.1 Å². The summed E-state index contributed by atoms with van der Waals surface area (Å²) >= 11 is 0. The van der Waals surface area contributed by atoms with E-state index in [4.69, 9.17) is 5.73 Å². The van der Waals surface area contributed by atoms with Crippen molar-refractivity contribution in [1.29, 1.82) is 0 Å². The number of hydrogen-bond donors (Lipinski definition) is 1. The van der Waals surface area contributed by atoms with Gasteiger partial charge in [0.1, 0.15) is 28.0 Å². The first-order valence-electron chi connectivity index (χ1n) is 10.6. The van der Waals surface area contributed by atoms with Crippen molar-refractivity contribution in [3.63, 3.8) is 0 Å². The molecule has 4 aromatic rings. The number of aromatic nitrogens is 4. The van der Waals surface area contributed by atoms with Crippen LogP contribution >= 0.6 is 0 Å². The van der Waals surface area contributed by atoms with E-state index < -0.39 is 55.3 Å². The highest BCUT2D eigenvalue weighted by Gasteiger charge is 2.35. The summed E-state index contributed by atoms with van der Waals surface area (Å²) in [7, 11) is -5.16. The van der Waals surface area contributed by atoms with Crippen LogP contribution in [-0.4, -0.2) is 34.1 Å². The molecule has 0 saturated carbocycles. The molecular formula is C23H18F4N6O3S. The van der Waals surface area contributed by atoms with Gasteiger partial charge in [-0.1, -0.05) is 0 Å². The number of halogens is 4. The van der Waals surface area contributed by atoms with E-state index in [0.29, 0.717) is 30.8 Å². The van der Waals surface area contributed by atoms with Gasteiger partial charge in [0.2, 0.25) is 11.9 Å². The number of aryl methyl sites for hydroxylation is 1. The lowest BCUT2D eigenvalue weighted by atomic mass is 10.0. The van der Waals surface area contributed by atoms with Crippen molar-refractivity contribution in [1.82, 2.24) is 19.7 Å². The van der Waals surface area contributed by atoms with E-state index in [0.717, 1.165) is 13.0 Å². The summed E-state index contributed by atoms with van der Waals surface area (Å²) < 4.78 is 86.8. The maximum Gasteiger partial charge on any atom is 0.274 e. The first kappa shape index (κ1) is 25.8. The van der Waals surface area contributed by atoms with E-state index in [-0.39, 0.29) is 27.2 Å². The van der Waals surface area contributed by atoms with Crippen molar-refractivity contribution in [2.75, 3.05) is 10.0 Å². The molecule has 0 unspecified atom stereocenters. The lowest BCUT2D eigenvalue weighted by Gasteiger charge is -2.23. The van der Waals surface area contributed by atoms with Crippen LogP contribution in [0.4, 0.5) is 29.2 Å². The number of carbonyl (C=O) groups excluding carboxylic acids is 1. The van der Waals surface area contributed by atoms with Crippen LogP contribution in [0, 0.1) is 23.3 Å². The minimum Gasteiger partial charge on any atom is -0.368 e. The third-order valence-electron chi connectivity index (χ3n) is 5.26. The summed E-state index contributed by atoms with van der Waals surface area (Å²) in [6.45, 7) is 2.79. The molecule has 14 heteroatoms. The first-order chi connectivity index (χ1) is 17.4. The van der Waals surface area contributed by atoms with Crippen molar-refractivity contribution in [3.05, 3.63) is 72.1 Å². The van der Waals surface area contributed by atoms with Crippen LogP contribution in [0.3, 0.4) is 0 Å². The Morgan fingerprint density at radius 1 is 1.08 bits per heavy atom. The molecule has 2 aromatic carbocycles. The van der Waals surface area contributed by atoms with Crippen LogP contribution < -0.4 is 10.0 Å². The molecule has 0 saturated heterocycles. The fourth-order valence-electron chi connectivity index (χ4n) is 3.64. The van der Waals surface area contributed by atoms with Gasteiger partial charge >= 0.3 is 0 Å². The fourth-order valence-corrected chi connectivity index (χ4v) is 5.15. The Kier molecular flexibility index (Phi) is 6.69. The Bertz CT molecular complexity index is 1640. The van der Waals surface area contributed by atoms with E-state index in [9.17, 15) is 22.0 Å². The molecule has 4 rings (SSSR count). The Hall–Kier alpha value is -4.33. The lowest BCUT2D eigenvalue weighted by Crippen LogP contribution is -2.36. The van der Waals surface area contributed by atoms with Gasteiger partial charge in [-0.2, -0.15) is 9.40 Å². The number of benzene rings is 2. The maximum atomic E-state index is 16.0. The molecule has 0 radical (unpaired) electrons. The van der Waals surface area contributed by atoms with E-state index in [1.807, 2.05) is 0 Å². The molecule has 37 heavy (non-hydrogen) atoms. The molecule has 192 valence electrons. The van der Waals surface area contributed by atoms with Gasteiger partial charge in [0.25, 0.3) is 10.0 Å². The normalized spacial score (nSPS) is 11.5. The topological polar surface area (TPSA) is 124 Å². The van der Waals surface area contributed by atoms with Crippen LogP contribution in [0.25, 0.3) is 22.5 Å². The van der Waals surface area contributed by atoms with Gasteiger partial charge in [-0.3, -0.25) is 9.48 Å². The van der Waals surface area contributed by atoms with Gasteiger partial charge in [0.15, 0.2) is 5.82 Å². The Balaban J connectivity index is 1.97. The molecule has 0 fully saturated rings. The van der Waals surface area contributed by atoms with Gasteiger partial charge in [-0.15, -0.1) is 0 Å². The Morgan fingerprint density at radius 2 is 1.78 bits per heavy atom. The maximum absolute atomic E-state index is 16.0. The van der Waals surface area contributed by atoms with Crippen molar-refractivity contribution >= 4 is 27.6 Å². The summed E-state index contributed by atoms with van der Waals surface area (Å²) in [5, 5.41) is 4.19. The number of nitrogens with zero attached hydrogens (tertiary/aromatic N) is 5. The smallest absolute Gasteiger partial charge is 0.274 e. The average Bonchev–Trinajstić information content (AvgIpc) is 3.26. The lowest BCUT2D eigenvalue weighted by molar-refractivity contribution is -0.115. The predicted octanol–water partition coefficient (Wildman–Crippen LogP) is 3.91. The third-order valence-corrected chi connectivity index (χ3v) is 7.06. The molecule has 0 aliphatic carbocycles. The average molecular weight is 534 g/mol. The third kappa shape index (κ3) is 4.62. The van der Waals surface area contributed by atoms with Gasteiger partial charge < -0.3 is 5.73 Å². The molecule has 0 bridgehead atoms. The quantitative estimate of drug-likeness (QED) is 0.372. The molecular weight excluding hydrogens is 516 g/mol. The first-order valence-corrected chi connectivity index (χ1v) is 12.0. The monoisotopic (exact) mass is 534 g/mol. The molecule has 0 atom stereocenters. The van der Waals surface area contributed by atoms with E-state index in [1.165, 1.54) is 23.1 Å². The summed E-state index contributed by atoms with van der Waals surface area (Å²) in [6, 6.07) is 4.42. The van der Waals surface area contributed by atoms with Crippen LogP contribution in [0.1, 0.15) is 13.8 Å². The molecule has 2 heterocycles. The molecule has 9 nitrogen and oxygen atoms in total. The van der Waals surface area contributed by atoms with Crippen molar-refractivity contribution < 1.29 is 30.8 Å². The van der Waals surface area contributed by atoms with Gasteiger partial charge in [0.05, 0.1) is 16.9 Å². The number of rotatable bonds is 6. The Labute approximate surface area is 208 Å². The second-order valence-electron chi connectivity index (χ2n) is 7.67. The second-order valence-corrected chi connectivity index (χ2v) is 9.42. The highest BCUT2D eigenvalue weighted by Crippen LogP contribution is 2.38. The highest BCUT2D eigenvalue weighted by atomic mass is 32.2. The Morgan fingerprint density at radius 3 is 2.43 bits per heavy atom. The number of nitrogens with two attached hydrogens (primary N) is 1. The molecule has 0 aliphatic heterocycles. The van der Waals surface area contributed by atoms with Crippen molar-refractivity contribution in [2.24, 2.45) is 0 Å². The molecule has 0 spiro atoms. The molecule has 0 aliphatic rings. The largest absolute Gasteiger partial charge is 0.368 e. The predicted molar refractivity (Wildman–Crippen MR) is 125 cm³/mol. The van der Waals surface area contributed by atoms with E-state index in [1.54, 1.807) is 6.92 Å². The highest BCUT2D eigenvalue weighted by molar-refractivity contribution is 7.93. The summed E-state index contributed by atoms with van der Waals surface area (Å²) in [5.41, 5.74) is 3.98. The summed E-state index contributed by atoms with van der Waals surface area (Å²) in [4.78, 5) is 19.1. The van der Waals surface area contributed by atoms with Crippen LogP contribution in [0.15, 0.2) is 53.7 Å².